The monoisotopic (exact) mass is 479 g/mol. The molecule has 152 valence electrons. The highest BCUT2D eigenvalue weighted by atomic mass is 79.9. The van der Waals surface area contributed by atoms with E-state index in [4.69, 9.17) is 4.42 Å². The van der Waals surface area contributed by atoms with Gasteiger partial charge in [0.2, 0.25) is 0 Å². The maximum atomic E-state index is 13.6. The third kappa shape index (κ3) is 4.09. The van der Waals surface area contributed by atoms with E-state index in [-0.39, 0.29) is 29.7 Å². The van der Waals surface area contributed by atoms with Gasteiger partial charge in [-0.15, -0.1) is 0 Å². The molecule has 0 saturated carbocycles. The fourth-order valence-corrected chi connectivity index (χ4v) is 5.92. The van der Waals surface area contributed by atoms with Crippen LogP contribution in [0, 0.1) is 12.7 Å². The Morgan fingerprint density at radius 1 is 1.28 bits per heavy atom. The van der Waals surface area contributed by atoms with E-state index in [1.165, 1.54) is 18.2 Å². The van der Waals surface area contributed by atoms with E-state index in [2.05, 4.69) is 15.9 Å². The third-order valence-electron chi connectivity index (χ3n) is 5.24. The van der Waals surface area contributed by atoms with E-state index in [0.717, 1.165) is 10.0 Å². The summed E-state index contributed by atoms with van der Waals surface area (Å²) in [5, 5.41) is 0.537. The molecular formula is C21H19BrFNO4S. The minimum atomic E-state index is -3.18. The van der Waals surface area contributed by atoms with Crippen LogP contribution in [0.5, 0.6) is 0 Å². The third-order valence-corrected chi connectivity index (χ3v) is 7.49. The highest BCUT2D eigenvalue weighted by molar-refractivity contribution is 9.10. The van der Waals surface area contributed by atoms with E-state index in [1.54, 1.807) is 11.8 Å². The molecular weight excluding hydrogens is 461 g/mol. The standard InChI is InChI=1S/C21H19BrFNO4S/c1-13-18-10-16(23)5-6-19(18)28-20(13)21(25)24(17-7-8-29(26,27)12-17)11-14-3-2-4-15(22)9-14/h2-6,9-10,17H,7-8,11-12H2,1H3/t17-/m0/s1. The predicted molar refractivity (Wildman–Crippen MR) is 112 cm³/mol. The van der Waals surface area contributed by atoms with Gasteiger partial charge in [-0.3, -0.25) is 4.79 Å². The van der Waals surface area contributed by atoms with Gasteiger partial charge in [0.1, 0.15) is 11.4 Å². The first-order valence-electron chi connectivity index (χ1n) is 9.18. The summed E-state index contributed by atoms with van der Waals surface area (Å²) in [6, 6.07) is 11.2. The van der Waals surface area contributed by atoms with Gasteiger partial charge in [-0.05, 0) is 49.2 Å². The second-order valence-corrected chi connectivity index (χ2v) is 10.5. The summed E-state index contributed by atoms with van der Waals surface area (Å²) in [5.74, 6) is -0.690. The first-order valence-corrected chi connectivity index (χ1v) is 11.8. The van der Waals surface area contributed by atoms with Crippen LogP contribution in [0.25, 0.3) is 11.0 Å². The minimum absolute atomic E-state index is 0.0598. The number of halogens is 2. The molecule has 0 radical (unpaired) electrons. The van der Waals surface area contributed by atoms with Gasteiger partial charge in [0.15, 0.2) is 15.6 Å². The van der Waals surface area contributed by atoms with Gasteiger partial charge in [-0.2, -0.15) is 0 Å². The Bertz CT molecular complexity index is 1200. The van der Waals surface area contributed by atoms with Crippen molar-refractivity contribution in [1.82, 2.24) is 4.90 Å². The van der Waals surface area contributed by atoms with Crippen LogP contribution in [0.1, 0.15) is 28.1 Å². The maximum absolute atomic E-state index is 13.6. The first-order chi connectivity index (χ1) is 13.7. The first kappa shape index (κ1) is 20.1. The summed E-state index contributed by atoms with van der Waals surface area (Å²) in [4.78, 5) is 15.0. The van der Waals surface area contributed by atoms with Crippen molar-refractivity contribution in [2.45, 2.75) is 25.9 Å². The lowest BCUT2D eigenvalue weighted by molar-refractivity contribution is 0.0649. The number of hydrogen-bond donors (Lipinski definition) is 0. The number of nitrogens with zero attached hydrogens (tertiary/aromatic N) is 1. The molecule has 5 nitrogen and oxygen atoms in total. The molecule has 1 atom stereocenters. The molecule has 1 aliphatic rings. The molecule has 1 aliphatic heterocycles. The number of fused-ring (bicyclic) bond motifs is 1. The quantitative estimate of drug-likeness (QED) is 0.553. The van der Waals surface area contributed by atoms with E-state index < -0.39 is 21.7 Å². The van der Waals surface area contributed by atoms with E-state index in [1.807, 2.05) is 24.3 Å². The van der Waals surface area contributed by atoms with Crippen molar-refractivity contribution in [3.63, 3.8) is 0 Å². The average Bonchev–Trinajstić information content (AvgIpc) is 3.19. The van der Waals surface area contributed by atoms with Gasteiger partial charge in [0.25, 0.3) is 5.91 Å². The van der Waals surface area contributed by atoms with Crippen LogP contribution in [0.2, 0.25) is 0 Å². The number of carbonyl (C=O) groups is 1. The van der Waals surface area contributed by atoms with Crippen molar-refractivity contribution in [2.24, 2.45) is 0 Å². The molecule has 1 aromatic heterocycles. The number of carbonyl (C=O) groups excluding carboxylic acids is 1. The number of hydrogen-bond acceptors (Lipinski definition) is 4. The van der Waals surface area contributed by atoms with Crippen LogP contribution in [0.4, 0.5) is 4.39 Å². The minimum Gasteiger partial charge on any atom is -0.451 e. The number of furan rings is 1. The van der Waals surface area contributed by atoms with Crippen molar-refractivity contribution >= 4 is 42.6 Å². The summed E-state index contributed by atoms with van der Waals surface area (Å²) in [5.41, 5.74) is 1.84. The largest absolute Gasteiger partial charge is 0.451 e. The van der Waals surface area contributed by atoms with E-state index in [0.29, 0.717) is 23.0 Å². The zero-order chi connectivity index (χ0) is 20.8. The van der Waals surface area contributed by atoms with Gasteiger partial charge >= 0.3 is 0 Å². The molecule has 0 unspecified atom stereocenters. The Hall–Kier alpha value is -2.19. The molecule has 3 aromatic rings. The second kappa shape index (κ2) is 7.57. The van der Waals surface area contributed by atoms with Gasteiger partial charge in [-0.1, -0.05) is 28.1 Å². The van der Waals surface area contributed by atoms with Crippen molar-refractivity contribution in [3.05, 3.63) is 69.6 Å². The molecule has 29 heavy (non-hydrogen) atoms. The van der Waals surface area contributed by atoms with Crippen LogP contribution in [-0.2, 0) is 16.4 Å². The highest BCUT2D eigenvalue weighted by Gasteiger charge is 2.36. The molecule has 8 heteroatoms. The molecule has 4 rings (SSSR count). The number of rotatable bonds is 4. The Morgan fingerprint density at radius 3 is 2.76 bits per heavy atom. The normalized spacial score (nSPS) is 18.2. The van der Waals surface area contributed by atoms with E-state index >= 15 is 0 Å². The van der Waals surface area contributed by atoms with Crippen molar-refractivity contribution in [3.8, 4) is 0 Å². The Labute approximate surface area is 176 Å². The molecule has 1 saturated heterocycles. The summed E-state index contributed by atoms with van der Waals surface area (Å²) < 4.78 is 44.4. The van der Waals surface area contributed by atoms with Gasteiger partial charge < -0.3 is 9.32 Å². The Kier molecular flexibility index (Phi) is 5.25. The van der Waals surface area contributed by atoms with Crippen molar-refractivity contribution < 1.29 is 22.0 Å². The number of sulfone groups is 1. The van der Waals surface area contributed by atoms with Gasteiger partial charge in [0.05, 0.1) is 11.5 Å². The van der Waals surface area contributed by atoms with E-state index in [9.17, 15) is 17.6 Å². The maximum Gasteiger partial charge on any atom is 0.290 e. The molecule has 2 aromatic carbocycles. The van der Waals surface area contributed by atoms with Crippen LogP contribution in [0.15, 0.2) is 51.4 Å². The van der Waals surface area contributed by atoms with Crippen LogP contribution in [-0.4, -0.2) is 36.8 Å². The SMILES string of the molecule is Cc1c(C(=O)N(Cc2cccc(Br)c2)[C@H]2CCS(=O)(=O)C2)oc2ccc(F)cc12. The number of benzene rings is 2. The summed E-state index contributed by atoms with van der Waals surface area (Å²) in [6.45, 7) is 1.96. The topological polar surface area (TPSA) is 67.6 Å². The lowest BCUT2D eigenvalue weighted by atomic mass is 10.1. The number of amides is 1. The van der Waals surface area contributed by atoms with Crippen LogP contribution >= 0.6 is 15.9 Å². The molecule has 0 bridgehead atoms. The van der Waals surface area contributed by atoms with Crippen molar-refractivity contribution in [1.29, 1.82) is 0 Å². The smallest absolute Gasteiger partial charge is 0.290 e. The molecule has 0 aliphatic carbocycles. The van der Waals surface area contributed by atoms with Crippen LogP contribution in [0.3, 0.4) is 0 Å². The summed E-state index contributed by atoms with van der Waals surface area (Å²) in [7, 11) is -3.18. The molecule has 1 amide bonds. The predicted octanol–water partition coefficient (Wildman–Crippen LogP) is 4.47. The van der Waals surface area contributed by atoms with Gasteiger partial charge in [-0.25, -0.2) is 12.8 Å². The Morgan fingerprint density at radius 2 is 2.07 bits per heavy atom. The lowest BCUT2D eigenvalue weighted by Crippen LogP contribution is -2.40. The number of aryl methyl sites for hydroxylation is 1. The fraction of sp³-hybridized carbons (Fsp3) is 0.286. The highest BCUT2D eigenvalue weighted by Crippen LogP contribution is 2.30. The Balaban J connectivity index is 1.74. The molecule has 0 spiro atoms. The summed E-state index contributed by atoms with van der Waals surface area (Å²) >= 11 is 3.42. The van der Waals surface area contributed by atoms with Gasteiger partial charge in [0, 0.05) is 28.0 Å². The molecule has 0 N–H and O–H groups in total. The van der Waals surface area contributed by atoms with Crippen LogP contribution < -0.4 is 0 Å². The summed E-state index contributed by atoms with van der Waals surface area (Å²) in [6.07, 6.45) is 0.385. The zero-order valence-electron chi connectivity index (χ0n) is 15.7. The second-order valence-electron chi connectivity index (χ2n) is 7.32. The zero-order valence-corrected chi connectivity index (χ0v) is 18.1. The average molecular weight is 480 g/mol. The molecule has 2 heterocycles. The lowest BCUT2D eigenvalue weighted by Gasteiger charge is -2.28. The van der Waals surface area contributed by atoms with Crippen molar-refractivity contribution in [2.75, 3.05) is 11.5 Å². The fourth-order valence-electron chi connectivity index (χ4n) is 3.75. The molecule has 1 fully saturated rings.